The first kappa shape index (κ1) is 30.7. The molecule has 0 atom stereocenters. The number of nitrogens with one attached hydrogen (secondary N) is 1. The van der Waals surface area contributed by atoms with Crippen molar-refractivity contribution in [2.24, 2.45) is 5.16 Å². The Morgan fingerprint density at radius 2 is 1.29 bits per heavy atom. The lowest BCUT2D eigenvalue weighted by Gasteiger charge is -2.36. The number of oxime groups is 1. The van der Waals surface area contributed by atoms with E-state index in [-0.39, 0.29) is 10.0 Å². The molecule has 0 bridgehead atoms. The van der Waals surface area contributed by atoms with E-state index in [1.807, 2.05) is 91.0 Å². The van der Waals surface area contributed by atoms with Gasteiger partial charge in [-0.2, -0.15) is 0 Å². The van der Waals surface area contributed by atoms with E-state index < -0.39 is 34.4 Å². The maximum atomic E-state index is 12.6. The molecule has 0 aliphatic carbocycles. The number of ether oxygens (including phenoxy) is 1. The van der Waals surface area contributed by atoms with Crippen LogP contribution in [-0.4, -0.2) is 38.9 Å². The molecule has 0 saturated heterocycles. The van der Waals surface area contributed by atoms with Crippen molar-refractivity contribution in [2.75, 3.05) is 5.32 Å². The summed E-state index contributed by atoms with van der Waals surface area (Å²) in [6.07, 6.45) is 0. The van der Waals surface area contributed by atoms with E-state index in [1.54, 1.807) is 20.8 Å². The number of anilines is 1. The van der Waals surface area contributed by atoms with Gasteiger partial charge in [0.15, 0.2) is 5.13 Å². The lowest BCUT2D eigenvalue weighted by atomic mass is 9.77. The molecule has 4 aromatic rings. The maximum absolute atomic E-state index is 12.6. The number of hydrogen-bond donors (Lipinski definition) is 2. The number of carbonyl (C=O) groups is 2. The van der Waals surface area contributed by atoms with Crippen LogP contribution >= 0.6 is 22.9 Å². The number of hydrogen-bond acceptors (Lipinski definition) is 8. The topological polar surface area (TPSA) is 110 Å². The fraction of sp³-hybridized carbons (Fsp3) is 0.250. The maximum Gasteiger partial charge on any atom is 0.360 e. The van der Waals surface area contributed by atoms with Gasteiger partial charge in [-0.15, -0.1) is 0 Å². The molecule has 0 spiro atoms. The van der Waals surface area contributed by atoms with Crippen LogP contribution in [0.4, 0.5) is 5.13 Å². The average molecular weight is 606 g/mol. The molecule has 42 heavy (non-hydrogen) atoms. The van der Waals surface area contributed by atoms with Gasteiger partial charge in [-0.25, -0.2) is 14.6 Å². The highest BCUT2D eigenvalue weighted by atomic mass is 35.5. The van der Waals surface area contributed by atoms with Gasteiger partial charge < -0.3 is 20.0 Å². The Labute approximate surface area is 254 Å². The van der Waals surface area contributed by atoms with Crippen molar-refractivity contribution >= 4 is 45.7 Å². The van der Waals surface area contributed by atoms with E-state index in [2.05, 4.69) is 15.5 Å². The highest BCUT2D eigenvalue weighted by Crippen LogP contribution is 2.42. The first-order valence-electron chi connectivity index (χ1n) is 13.2. The Kier molecular flexibility index (Phi) is 9.03. The minimum atomic E-state index is -1.57. The van der Waals surface area contributed by atoms with Crippen molar-refractivity contribution in [3.63, 3.8) is 0 Å². The number of carboxylic acids is 1. The summed E-state index contributed by atoms with van der Waals surface area (Å²) < 4.78 is 5.46. The zero-order chi connectivity index (χ0) is 30.5. The smallest absolute Gasteiger partial charge is 0.360 e. The van der Waals surface area contributed by atoms with Crippen LogP contribution in [0.25, 0.3) is 0 Å². The monoisotopic (exact) mass is 605 g/mol. The second-order valence-corrected chi connectivity index (χ2v) is 12.6. The zero-order valence-electron chi connectivity index (χ0n) is 23.9. The molecule has 0 unspecified atom stereocenters. The number of aliphatic carboxylic acids is 1. The Balaban J connectivity index is 1.79. The van der Waals surface area contributed by atoms with Gasteiger partial charge in [0.2, 0.25) is 11.3 Å². The number of carboxylic acid groups (broad SMARTS) is 1. The van der Waals surface area contributed by atoms with Gasteiger partial charge in [0, 0.05) is 0 Å². The van der Waals surface area contributed by atoms with Crippen molar-refractivity contribution in [1.29, 1.82) is 0 Å². The van der Waals surface area contributed by atoms with E-state index >= 15 is 0 Å². The van der Waals surface area contributed by atoms with Gasteiger partial charge in [0.05, 0.1) is 0 Å². The predicted molar refractivity (Wildman–Crippen MR) is 165 cm³/mol. The summed E-state index contributed by atoms with van der Waals surface area (Å²) in [6.45, 7) is 8.03. The second-order valence-electron chi connectivity index (χ2n) is 11.0. The standard InChI is InChI=1S/C32H32ClN3O5S/c1-30(2,3)40-28(39)31(4,5)41-36-25(27(37)38)24-26(33)42-29(34-24)35-32(21-15-9-6-10-16-21,22-17-11-7-12-18-22)23-19-13-8-14-20-23/h6-20H,1-5H3,(H,34,35)(H,37,38)/b36-25-. The van der Waals surface area contributed by atoms with Gasteiger partial charge in [-0.05, 0) is 51.3 Å². The number of thiazole rings is 1. The Morgan fingerprint density at radius 3 is 1.69 bits per heavy atom. The molecule has 0 amide bonds. The summed E-state index contributed by atoms with van der Waals surface area (Å²) in [5, 5.41) is 17.7. The second kappa shape index (κ2) is 12.3. The summed E-state index contributed by atoms with van der Waals surface area (Å²) in [7, 11) is 0. The lowest BCUT2D eigenvalue weighted by Crippen LogP contribution is -2.40. The number of rotatable bonds is 10. The van der Waals surface area contributed by atoms with Crippen molar-refractivity contribution in [3.05, 3.63) is 118 Å². The van der Waals surface area contributed by atoms with Gasteiger partial charge in [-0.3, -0.25) is 0 Å². The van der Waals surface area contributed by atoms with Gasteiger partial charge in [0.25, 0.3) is 0 Å². The molecule has 1 aromatic heterocycles. The molecule has 0 fully saturated rings. The van der Waals surface area contributed by atoms with Crippen LogP contribution in [0.3, 0.4) is 0 Å². The molecule has 1 heterocycles. The molecule has 0 aliphatic heterocycles. The van der Waals surface area contributed by atoms with Gasteiger partial charge in [-0.1, -0.05) is 119 Å². The number of nitrogens with zero attached hydrogens (tertiary/aromatic N) is 2. The molecule has 10 heteroatoms. The van der Waals surface area contributed by atoms with Crippen molar-refractivity contribution in [1.82, 2.24) is 4.98 Å². The lowest BCUT2D eigenvalue weighted by molar-refractivity contribution is -0.179. The fourth-order valence-corrected chi connectivity index (χ4v) is 5.32. The van der Waals surface area contributed by atoms with Crippen LogP contribution in [-0.2, 0) is 24.7 Å². The van der Waals surface area contributed by atoms with Gasteiger partial charge in [0.1, 0.15) is 21.2 Å². The Hall–Kier alpha value is -4.21. The molecule has 0 radical (unpaired) electrons. The molecule has 218 valence electrons. The van der Waals surface area contributed by atoms with Crippen LogP contribution in [0.2, 0.25) is 4.34 Å². The molecule has 8 nitrogen and oxygen atoms in total. The molecule has 4 rings (SSSR count). The van der Waals surface area contributed by atoms with E-state index in [9.17, 15) is 14.7 Å². The first-order valence-corrected chi connectivity index (χ1v) is 14.4. The van der Waals surface area contributed by atoms with Crippen LogP contribution in [0.5, 0.6) is 0 Å². The van der Waals surface area contributed by atoms with Crippen LogP contribution < -0.4 is 5.32 Å². The largest absolute Gasteiger partial charge is 0.476 e. The summed E-state index contributed by atoms with van der Waals surface area (Å²) in [5.41, 5.74) is -1.08. The van der Waals surface area contributed by atoms with Crippen LogP contribution in [0.15, 0.2) is 96.2 Å². The minimum absolute atomic E-state index is 0.0837. The van der Waals surface area contributed by atoms with E-state index in [1.165, 1.54) is 13.8 Å². The van der Waals surface area contributed by atoms with Gasteiger partial charge >= 0.3 is 11.9 Å². The average Bonchev–Trinajstić information content (AvgIpc) is 3.31. The van der Waals surface area contributed by atoms with Crippen molar-refractivity contribution in [3.8, 4) is 0 Å². The third-order valence-electron chi connectivity index (χ3n) is 6.18. The molecule has 0 saturated carbocycles. The summed E-state index contributed by atoms with van der Waals surface area (Å²) >= 11 is 7.65. The third-order valence-corrected chi connectivity index (χ3v) is 7.35. The number of aromatic nitrogens is 1. The Morgan fingerprint density at radius 1 is 0.833 bits per heavy atom. The number of benzene rings is 3. The number of halogens is 1. The SMILES string of the molecule is CC(C)(C)OC(=O)C(C)(C)O/N=C(\C(=O)O)c1nc(NC(c2ccccc2)(c2ccccc2)c2ccccc2)sc1Cl. The minimum Gasteiger partial charge on any atom is -0.476 e. The molecule has 0 aliphatic rings. The molecule has 3 aromatic carbocycles. The van der Waals surface area contributed by atoms with E-state index in [4.69, 9.17) is 21.2 Å². The number of carbonyl (C=O) groups excluding carboxylic acids is 1. The van der Waals surface area contributed by atoms with E-state index in [0.717, 1.165) is 28.0 Å². The highest BCUT2D eigenvalue weighted by molar-refractivity contribution is 7.20. The summed E-state index contributed by atoms with van der Waals surface area (Å²) in [4.78, 5) is 34.9. The fourth-order valence-electron chi connectivity index (χ4n) is 4.22. The quantitative estimate of drug-likeness (QED) is 0.0856. The summed E-state index contributed by atoms with van der Waals surface area (Å²) in [6, 6.07) is 29.6. The zero-order valence-corrected chi connectivity index (χ0v) is 25.5. The molecular formula is C32H32ClN3O5S. The third kappa shape index (κ3) is 6.80. The Bertz CT molecular complexity index is 1470. The predicted octanol–water partition coefficient (Wildman–Crippen LogP) is 7.13. The number of esters is 1. The van der Waals surface area contributed by atoms with Crippen molar-refractivity contribution in [2.45, 2.75) is 51.4 Å². The van der Waals surface area contributed by atoms with E-state index in [0.29, 0.717) is 5.13 Å². The van der Waals surface area contributed by atoms with Crippen molar-refractivity contribution < 1.29 is 24.3 Å². The highest BCUT2D eigenvalue weighted by Gasteiger charge is 2.39. The van der Waals surface area contributed by atoms with Crippen LogP contribution in [0.1, 0.15) is 57.0 Å². The molecular weight excluding hydrogens is 574 g/mol. The molecule has 2 N–H and O–H groups in total. The summed E-state index contributed by atoms with van der Waals surface area (Å²) in [5.74, 6) is -2.12. The first-order chi connectivity index (χ1) is 19.8. The normalized spacial score (nSPS) is 12.5. The van der Waals surface area contributed by atoms with Crippen LogP contribution in [0, 0.1) is 0 Å².